The van der Waals surface area contributed by atoms with Crippen molar-refractivity contribution in [2.75, 3.05) is 7.11 Å². The van der Waals surface area contributed by atoms with Gasteiger partial charge in [0.25, 0.3) is 0 Å². The second kappa shape index (κ2) is 8.11. The van der Waals surface area contributed by atoms with E-state index in [1.165, 1.54) is 11.1 Å². The number of ether oxygens (including phenoxy) is 1. The molecule has 0 aliphatic carbocycles. The Hall–Kier alpha value is -1.45. The van der Waals surface area contributed by atoms with E-state index < -0.39 is 0 Å². The number of benzene rings is 2. The quantitative estimate of drug-likeness (QED) is 0.823. The minimum absolute atomic E-state index is 0.120. The first-order valence-electron chi connectivity index (χ1n) is 7.30. The van der Waals surface area contributed by atoms with E-state index in [4.69, 9.17) is 10.5 Å². The molecular weight excluding hydrogens is 278 g/mol. The van der Waals surface area contributed by atoms with Crippen LogP contribution in [0.4, 0.5) is 0 Å². The summed E-state index contributed by atoms with van der Waals surface area (Å²) in [5.74, 6) is 1.88. The summed E-state index contributed by atoms with van der Waals surface area (Å²) in [6.07, 6.45) is 0.949. The van der Waals surface area contributed by atoms with Crippen LogP contribution in [0, 0.1) is 0 Å². The largest absolute Gasteiger partial charge is 0.496 e. The van der Waals surface area contributed by atoms with E-state index >= 15 is 0 Å². The van der Waals surface area contributed by atoms with E-state index in [0.29, 0.717) is 0 Å². The van der Waals surface area contributed by atoms with Gasteiger partial charge in [0, 0.05) is 22.6 Å². The molecule has 0 fully saturated rings. The summed E-state index contributed by atoms with van der Waals surface area (Å²) in [7, 11) is 1.72. The summed E-state index contributed by atoms with van der Waals surface area (Å²) in [4.78, 5) is 0. The summed E-state index contributed by atoms with van der Waals surface area (Å²) in [5, 5.41) is 0.242. The van der Waals surface area contributed by atoms with Crippen molar-refractivity contribution in [3.05, 3.63) is 65.7 Å². The van der Waals surface area contributed by atoms with Crippen LogP contribution in [0.15, 0.2) is 54.6 Å². The van der Waals surface area contributed by atoms with Crippen molar-refractivity contribution in [1.29, 1.82) is 0 Å². The zero-order valence-corrected chi connectivity index (χ0v) is 13.5. The molecule has 0 saturated heterocycles. The summed E-state index contributed by atoms with van der Waals surface area (Å²) in [6.45, 7) is 2.14. The highest BCUT2D eigenvalue weighted by atomic mass is 32.2. The Bertz CT molecular complexity index is 544. The predicted molar refractivity (Wildman–Crippen MR) is 91.7 cm³/mol. The number of hydrogen-bond acceptors (Lipinski definition) is 3. The van der Waals surface area contributed by atoms with Crippen LogP contribution in [0.25, 0.3) is 0 Å². The summed E-state index contributed by atoms with van der Waals surface area (Å²) >= 11 is 1.88. The molecule has 2 N–H and O–H groups in total. The molecule has 0 bridgehead atoms. The van der Waals surface area contributed by atoms with E-state index in [9.17, 15) is 0 Å². The van der Waals surface area contributed by atoms with Gasteiger partial charge in [-0.15, -0.1) is 11.8 Å². The number of rotatable bonds is 7. The van der Waals surface area contributed by atoms with Crippen LogP contribution in [0.1, 0.15) is 29.7 Å². The molecule has 2 aromatic carbocycles. The van der Waals surface area contributed by atoms with Crippen LogP contribution in [0.5, 0.6) is 5.75 Å². The minimum Gasteiger partial charge on any atom is -0.496 e. The SMILES string of the molecule is CCC(N)C(SCc1ccccc1)c1ccccc1OC. The second-order valence-electron chi connectivity index (χ2n) is 5.03. The molecule has 112 valence electrons. The number of hydrogen-bond donors (Lipinski definition) is 1. The zero-order chi connectivity index (χ0) is 15.1. The van der Waals surface area contributed by atoms with Crippen molar-refractivity contribution >= 4 is 11.8 Å². The normalized spacial score (nSPS) is 13.7. The van der Waals surface area contributed by atoms with Crippen LogP contribution in [0.2, 0.25) is 0 Å². The van der Waals surface area contributed by atoms with Crippen molar-refractivity contribution in [2.24, 2.45) is 5.73 Å². The zero-order valence-electron chi connectivity index (χ0n) is 12.7. The van der Waals surface area contributed by atoms with Gasteiger partial charge >= 0.3 is 0 Å². The lowest BCUT2D eigenvalue weighted by atomic mass is 10.0. The third kappa shape index (κ3) is 4.26. The predicted octanol–water partition coefficient (Wildman–Crippen LogP) is 4.41. The molecule has 0 aliphatic heterocycles. The first kappa shape index (κ1) is 15.9. The summed E-state index contributed by atoms with van der Waals surface area (Å²) in [6, 6.07) is 18.8. The number of thioether (sulfide) groups is 1. The summed E-state index contributed by atoms with van der Waals surface area (Å²) in [5.41, 5.74) is 8.88. The van der Waals surface area contributed by atoms with Gasteiger partial charge in [-0.05, 0) is 18.1 Å². The molecule has 3 heteroatoms. The van der Waals surface area contributed by atoms with Crippen LogP contribution >= 0.6 is 11.8 Å². The van der Waals surface area contributed by atoms with E-state index in [-0.39, 0.29) is 11.3 Å². The van der Waals surface area contributed by atoms with Crippen LogP contribution < -0.4 is 10.5 Å². The average Bonchev–Trinajstić information content (AvgIpc) is 2.56. The van der Waals surface area contributed by atoms with Gasteiger partial charge in [0.1, 0.15) is 5.75 Å². The lowest BCUT2D eigenvalue weighted by Crippen LogP contribution is -2.26. The van der Waals surface area contributed by atoms with Gasteiger partial charge in [0.2, 0.25) is 0 Å². The molecule has 0 heterocycles. The van der Waals surface area contributed by atoms with Gasteiger partial charge in [-0.1, -0.05) is 55.5 Å². The monoisotopic (exact) mass is 301 g/mol. The van der Waals surface area contributed by atoms with Crippen molar-refractivity contribution in [1.82, 2.24) is 0 Å². The molecule has 2 unspecified atom stereocenters. The number of nitrogens with two attached hydrogens (primary N) is 1. The first-order chi connectivity index (χ1) is 10.3. The van der Waals surface area contributed by atoms with Crippen molar-refractivity contribution in [3.8, 4) is 5.75 Å². The highest BCUT2D eigenvalue weighted by molar-refractivity contribution is 7.98. The number of methoxy groups -OCH3 is 1. The highest BCUT2D eigenvalue weighted by Gasteiger charge is 2.22. The first-order valence-corrected chi connectivity index (χ1v) is 8.35. The second-order valence-corrected chi connectivity index (χ2v) is 6.16. The fourth-order valence-electron chi connectivity index (χ4n) is 2.32. The maximum Gasteiger partial charge on any atom is 0.123 e. The highest BCUT2D eigenvalue weighted by Crippen LogP contribution is 2.39. The third-order valence-electron chi connectivity index (χ3n) is 3.58. The van der Waals surface area contributed by atoms with Crippen LogP contribution in [0.3, 0.4) is 0 Å². The van der Waals surface area contributed by atoms with Gasteiger partial charge in [-0.25, -0.2) is 0 Å². The van der Waals surface area contributed by atoms with Crippen molar-refractivity contribution in [3.63, 3.8) is 0 Å². The molecule has 0 radical (unpaired) electrons. The van der Waals surface area contributed by atoms with E-state index in [0.717, 1.165) is 17.9 Å². The third-order valence-corrected chi connectivity index (χ3v) is 5.04. The molecule has 0 aliphatic rings. The van der Waals surface area contributed by atoms with Crippen LogP contribution in [-0.4, -0.2) is 13.2 Å². The molecule has 2 atom stereocenters. The molecule has 0 saturated carbocycles. The fourth-order valence-corrected chi connectivity index (χ4v) is 3.70. The lowest BCUT2D eigenvalue weighted by Gasteiger charge is -2.24. The molecule has 2 rings (SSSR count). The number of para-hydroxylation sites is 1. The topological polar surface area (TPSA) is 35.2 Å². The maximum atomic E-state index is 6.36. The molecule has 2 nitrogen and oxygen atoms in total. The lowest BCUT2D eigenvalue weighted by molar-refractivity contribution is 0.407. The van der Waals surface area contributed by atoms with Crippen molar-refractivity contribution in [2.45, 2.75) is 30.4 Å². The molecule has 0 spiro atoms. The molecule has 21 heavy (non-hydrogen) atoms. The molecule has 0 amide bonds. The Morgan fingerprint density at radius 2 is 1.71 bits per heavy atom. The summed E-state index contributed by atoms with van der Waals surface area (Å²) < 4.78 is 5.50. The van der Waals surface area contributed by atoms with Gasteiger partial charge < -0.3 is 10.5 Å². The van der Waals surface area contributed by atoms with Gasteiger partial charge in [-0.2, -0.15) is 0 Å². The average molecular weight is 301 g/mol. The minimum atomic E-state index is 0.120. The Kier molecular flexibility index (Phi) is 6.15. The van der Waals surface area contributed by atoms with Gasteiger partial charge in [0.15, 0.2) is 0 Å². The van der Waals surface area contributed by atoms with Gasteiger partial charge in [0.05, 0.1) is 7.11 Å². The maximum absolute atomic E-state index is 6.36. The fraction of sp³-hybridized carbons (Fsp3) is 0.333. The molecular formula is C18H23NOS. The van der Waals surface area contributed by atoms with E-state index in [1.807, 2.05) is 30.0 Å². The van der Waals surface area contributed by atoms with E-state index in [1.54, 1.807) is 7.11 Å². The van der Waals surface area contributed by atoms with Crippen molar-refractivity contribution < 1.29 is 4.74 Å². The Balaban J connectivity index is 2.18. The van der Waals surface area contributed by atoms with E-state index in [2.05, 4.69) is 43.3 Å². The van der Waals surface area contributed by atoms with Crippen LogP contribution in [-0.2, 0) is 5.75 Å². The molecule has 0 aromatic heterocycles. The molecule has 2 aromatic rings. The Morgan fingerprint density at radius 3 is 2.38 bits per heavy atom. The Morgan fingerprint density at radius 1 is 1.05 bits per heavy atom. The Labute approximate surface area is 131 Å². The standard InChI is InChI=1S/C18H23NOS/c1-3-16(19)18(15-11-7-8-12-17(15)20-2)21-13-14-9-5-4-6-10-14/h4-12,16,18H,3,13,19H2,1-2H3. The van der Waals surface area contributed by atoms with Gasteiger partial charge in [-0.3, -0.25) is 0 Å². The smallest absolute Gasteiger partial charge is 0.123 e.